The van der Waals surface area contributed by atoms with Crippen molar-refractivity contribution in [2.24, 2.45) is 5.92 Å². The van der Waals surface area contributed by atoms with Crippen LogP contribution in [0.4, 0.5) is 13.2 Å². The molecule has 88 valence electrons. The number of nitrogens with one attached hydrogen (secondary N) is 1. The van der Waals surface area contributed by atoms with Crippen LogP contribution in [0.3, 0.4) is 0 Å². The van der Waals surface area contributed by atoms with Gasteiger partial charge in [0.2, 0.25) is 0 Å². The minimum atomic E-state index is -4.26. The minimum absolute atomic E-state index is 0.450. The highest BCUT2D eigenvalue weighted by Crippen LogP contribution is 2.34. The van der Waals surface area contributed by atoms with Crippen LogP contribution < -0.4 is 4.72 Å². The molecule has 0 fully saturated rings. The van der Waals surface area contributed by atoms with Crippen LogP contribution in [0.1, 0.15) is 18.1 Å². The van der Waals surface area contributed by atoms with E-state index in [-0.39, 0.29) is 0 Å². The lowest BCUT2D eigenvalue weighted by atomic mass is 10.00. The molecule has 1 aliphatic heterocycles. The Hall–Kier alpha value is -0.680. The van der Waals surface area contributed by atoms with Gasteiger partial charge in [-0.3, -0.25) is 4.72 Å². The van der Waals surface area contributed by atoms with E-state index in [1.54, 1.807) is 6.07 Å². The van der Waals surface area contributed by atoms with Gasteiger partial charge in [-0.1, -0.05) is 13.0 Å². The van der Waals surface area contributed by atoms with Gasteiger partial charge in [-0.15, -0.1) is 0 Å². The van der Waals surface area contributed by atoms with Gasteiger partial charge in [0.05, 0.1) is 5.56 Å². The second-order valence-electron chi connectivity index (χ2n) is 4.08. The molecule has 0 unspecified atom stereocenters. The largest absolute Gasteiger partial charge is 0.416 e. The van der Waals surface area contributed by atoms with Gasteiger partial charge in [0.25, 0.3) is 0 Å². The lowest BCUT2D eigenvalue weighted by molar-refractivity contribution is -0.137. The molecule has 2 rings (SSSR count). The molecular weight excluding hydrogens is 235 g/mol. The third-order valence-electron chi connectivity index (χ3n) is 2.58. The van der Waals surface area contributed by atoms with Gasteiger partial charge in [-0.25, -0.2) is 0 Å². The van der Waals surface area contributed by atoms with Crippen molar-refractivity contribution in [3.8, 4) is 0 Å². The van der Waals surface area contributed by atoms with Gasteiger partial charge >= 0.3 is 6.18 Å². The van der Waals surface area contributed by atoms with Crippen molar-refractivity contribution < 1.29 is 13.2 Å². The van der Waals surface area contributed by atoms with Crippen LogP contribution in [0.25, 0.3) is 0 Å². The first kappa shape index (κ1) is 11.8. The molecule has 5 heteroatoms. The van der Waals surface area contributed by atoms with E-state index in [2.05, 4.69) is 11.6 Å². The molecule has 0 aliphatic carbocycles. The minimum Gasteiger partial charge on any atom is -0.260 e. The Bertz CT molecular complexity index is 389. The van der Waals surface area contributed by atoms with E-state index < -0.39 is 11.7 Å². The van der Waals surface area contributed by atoms with Crippen molar-refractivity contribution in [2.45, 2.75) is 24.4 Å². The molecule has 1 aliphatic rings. The van der Waals surface area contributed by atoms with Crippen molar-refractivity contribution in [1.29, 1.82) is 0 Å². The number of hydrogen-bond acceptors (Lipinski definition) is 2. The number of halogens is 3. The maximum Gasteiger partial charge on any atom is 0.416 e. The standard InChI is InChI=1S/C11H12F3NS/c1-7-4-8-2-3-9(11(12,13)14)5-10(8)16-15-6-7/h2-3,5,7,15H,4,6H2,1H3/t7-/m0/s1. The van der Waals surface area contributed by atoms with Gasteiger partial charge in [0.1, 0.15) is 0 Å². The molecule has 0 aromatic heterocycles. The number of hydrogen-bond donors (Lipinski definition) is 1. The highest BCUT2D eigenvalue weighted by molar-refractivity contribution is 7.97. The fourth-order valence-electron chi connectivity index (χ4n) is 1.70. The van der Waals surface area contributed by atoms with Crippen molar-refractivity contribution >= 4 is 11.9 Å². The lowest BCUT2D eigenvalue weighted by Crippen LogP contribution is -2.12. The van der Waals surface area contributed by atoms with Crippen LogP contribution in [0.5, 0.6) is 0 Å². The predicted molar refractivity (Wildman–Crippen MR) is 58.2 cm³/mol. The average Bonchev–Trinajstić information content (AvgIpc) is 2.35. The Labute approximate surface area is 96.6 Å². The van der Waals surface area contributed by atoms with Crippen LogP contribution in [0.15, 0.2) is 23.1 Å². The Morgan fingerprint density at radius 1 is 1.38 bits per heavy atom. The number of benzene rings is 1. The normalized spacial score (nSPS) is 21.4. The van der Waals surface area contributed by atoms with E-state index in [0.717, 1.165) is 24.6 Å². The summed E-state index contributed by atoms with van der Waals surface area (Å²) in [5, 5.41) is 0. The van der Waals surface area contributed by atoms with Crippen LogP contribution >= 0.6 is 11.9 Å². The maximum atomic E-state index is 12.5. The molecule has 0 saturated heterocycles. The van der Waals surface area contributed by atoms with Crippen LogP contribution in [0, 0.1) is 5.92 Å². The Morgan fingerprint density at radius 3 is 2.81 bits per heavy atom. The number of rotatable bonds is 0. The van der Waals surface area contributed by atoms with Crippen LogP contribution in [0.2, 0.25) is 0 Å². The third kappa shape index (κ3) is 2.52. The summed E-state index contributed by atoms with van der Waals surface area (Å²) < 4.78 is 40.6. The summed E-state index contributed by atoms with van der Waals surface area (Å²) >= 11 is 1.29. The van der Waals surface area contributed by atoms with Gasteiger partial charge in [0.15, 0.2) is 0 Å². The highest BCUT2D eigenvalue weighted by atomic mass is 32.2. The first-order chi connectivity index (χ1) is 7.47. The van der Waals surface area contributed by atoms with E-state index in [0.29, 0.717) is 10.8 Å². The van der Waals surface area contributed by atoms with Crippen LogP contribution in [-0.4, -0.2) is 6.54 Å². The second-order valence-corrected chi connectivity index (χ2v) is 5.01. The van der Waals surface area contributed by atoms with Crippen LogP contribution in [-0.2, 0) is 12.6 Å². The topological polar surface area (TPSA) is 12.0 Å². The van der Waals surface area contributed by atoms with E-state index >= 15 is 0 Å². The average molecular weight is 247 g/mol. The van der Waals surface area contributed by atoms with Gasteiger partial charge in [-0.05, 0) is 42.0 Å². The van der Waals surface area contributed by atoms with E-state index in [1.165, 1.54) is 18.0 Å². The van der Waals surface area contributed by atoms with Gasteiger partial charge in [-0.2, -0.15) is 13.2 Å². The smallest absolute Gasteiger partial charge is 0.260 e. The van der Waals surface area contributed by atoms with Gasteiger partial charge < -0.3 is 0 Å². The van der Waals surface area contributed by atoms with Crippen molar-refractivity contribution in [1.82, 2.24) is 4.72 Å². The fraction of sp³-hybridized carbons (Fsp3) is 0.455. The Kier molecular flexibility index (Phi) is 3.17. The molecule has 1 nitrogen and oxygen atoms in total. The number of fused-ring (bicyclic) bond motifs is 1. The predicted octanol–water partition coefficient (Wildman–Crippen LogP) is 3.49. The summed E-state index contributed by atoms with van der Waals surface area (Å²) in [6.07, 6.45) is -3.43. The molecule has 1 heterocycles. The molecule has 0 bridgehead atoms. The Balaban J connectivity index is 2.35. The lowest BCUT2D eigenvalue weighted by Gasteiger charge is -2.11. The molecule has 16 heavy (non-hydrogen) atoms. The zero-order valence-corrected chi connectivity index (χ0v) is 9.58. The fourth-order valence-corrected chi connectivity index (χ4v) is 2.70. The second kappa shape index (κ2) is 4.30. The van der Waals surface area contributed by atoms with Gasteiger partial charge in [0, 0.05) is 11.4 Å². The highest BCUT2D eigenvalue weighted by Gasteiger charge is 2.31. The molecule has 1 aromatic carbocycles. The molecule has 0 saturated carbocycles. The maximum absolute atomic E-state index is 12.5. The molecule has 1 aromatic rings. The summed E-state index contributed by atoms with van der Waals surface area (Å²) in [6, 6.07) is 3.98. The monoisotopic (exact) mass is 247 g/mol. The zero-order chi connectivity index (χ0) is 11.8. The summed E-state index contributed by atoms with van der Waals surface area (Å²) in [6.45, 7) is 2.90. The summed E-state index contributed by atoms with van der Waals surface area (Å²) in [4.78, 5) is 0.694. The van der Waals surface area contributed by atoms with E-state index in [4.69, 9.17) is 0 Å². The van der Waals surface area contributed by atoms with Crippen molar-refractivity contribution in [3.63, 3.8) is 0 Å². The first-order valence-electron chi connectivity index (χ1n) is 5.06. The molecule has 0 amide bonds. The molecule has 0 radical (unpaired) electrons. The summed E-state index contributed by atoms with van der Waals surface area (Å²) in [5.41, 5.74) is 0.422. The van der Waals surface area contributed by atoms with Crippen molar-refractivity contribution in [3.05, 3.63) is 29.3 Å². The molecule has 0 spiro atoms. The molecule has 1 atom stereocenters. The van der Waals surface area contributed by atoms with E-state index in [9.17, 15) is 13.2 Å². The summed E-state index contributed by atoms with van der Waals surface area (Å²) in [5.74, 6) is 0.450. The quantitative estimate of drug-likeness (QED) is 0.704. The first-order valence-corrected chi connectivity index (χ1v) is 5.88. The SMILES string of the molecule is C[C@@H]1CNSc2cc(C(F)(F)F)ccc2C1. The molecule has 1 N–H and O–H groups in total. The Morgan fingerprint density at radius 2 is 2.12 bits per heavy atom. The number of alkyl halides is 3. The summed E-state index contributed by atoms with van der Waals surface area (Å²) in [7, 11) is 0. The zero-order valence-electron chi connectivity index (χ0n) is 8.77. The van der Waals surface area contributed by atoms with E-state index in [1.807, 2.05) is 0 Å². The van der Waals surface area contributed by atoms with Crippen molar-refractivity contribution in [2.75, 3.05) is 6.54 Å². The third-order valence-corrected chi connectivity index (χ3v) is 3.49. The molecular formula is C11H12F3NS.